The Bertz CT molecular complexity index is 494. The summed E-state index contributed by atoms with van der Waals surface area (Å²) in [5.74, 6) is 0.309. The van der Waals surface area contributed by atoms with E-state index >= 15 is 0 Å². The van der Waals surface area contributed by atoms with Crippen LogP contribution in [0.15, 0.2) is 52.3 Å². The van der Waals surface area contributed by atoms with Crippen molar-refractivity contribution in [3.05, 3.63) is 51.6 Å². The molecular formula is C13H11IOS. The highest BCUT2D eigenvalue weighted by atomic mass is 127. The van der Waals surface area contributed by atoms with Gasteiger partial charge in [0, 0.05) is 13.4 Å². The molecular weight excluding hydrogens is 331 g/mol. The molecule has 1 nitrogen and oxygen atoms in total. The maximum absolute atomic E-state index is 9.20. The first kappa shape index (κ1) is 11.8. The summed E-state index contributed by atoms with van der Waals surface area (Å²) in [6.45, 7) is 2.12. The molecule has 0 saturated heterocycles. The zero-order valence-electron chi connectivity index (χ0n) is 8.77. The molecule has 0 aliphatic heterocycles. The van der Waals surface area contributed by atoms with Crippen LogP contribution in [0.3, 0.4) is 0 Å². The van der Waals surface area contributed by atoms with Crippen LogP contribution in [0, 0.1) is 10.5 Å². The molecule has 0 aliphatic carbocycles. The number of hydrogen-bond acceptors (Lipinski definition) is 2. The fourth-order valence-electron chi connectivity index (χ4n) is 1.37. The van der Waals surface area contributed by atoms with Crippen LogP contribution in [-0.2, 0) is 0 Å². The molecule has 0 fully saturated rings. The van der Waals surface area contributed by atoms with Crippen LogP contribution in [0.1, 0.15) is 5.56 Å². The minimum atomic E-state index is 0.309. The number of aryl methyl sites for hydroxylation is 1. The standard InChI is InChI=1S/C13H11IOS/c1-9-8-10(14)2-7-13(9)16-12-5-3-11(15)4-6-12/h2-8,15H,1H3. The number of hydrogen-bond donors (Lipinski definition) is 1. The summed E-state index contributed by atoms with van der Waals surface area (Å²) in [7, 11) is 0. The molecule has 3 heteroatoms. The second kappa shape index (κ2) is 5.10. The summed E-state index contributed by atoms with van der Waals surface area (Å²) in [5, 5.41) is 9.20. The zero-order chi connectivity index (χ0) is 11.5. The molecule has 0 heterocycles. The van der Waals surface area contributed by atoms with Gasteiger partial charge in [0.05, 0.1) is 0 Å². The Labute approximate surface area is 113 Å². The predicted octanol–water partition coefficient (Wildman–Crippen LogP) is 4.46. The molecule has 2 rings (SSSR count). The summed E-state index contributed by atoms with van der Waals surface area (Å²) in [5.41, 5.74) is 1.28. The summed E-state index contributed by atoms with van der Waals surface area (Å²) in [6.07, 6.45) is 0. The fourth-order valence-corrected chi connectivity index (χ4v) is 2.90. The summed E-state index contributed by atoms with van der Waals surface area (Å²) >= 11 is 4.03. The molecule has 16 heavy (non-hydrogen) atoms. The highest BCUT2D eigenvalue weighted by Gasteiger charge is 2.01. The van der Waals surface area contributed by atoms with Crippen molar-refractivity contribution in [2.45, 2.75) is 16.7 Å². The molecule has 2 aromatic rings. The third kappa shape index (κ3) is 2.92. The van der Waals surface area contributed by atoms with E-state index in [0.717, 1.165) is 4.90 Å². The van der Waals surface area contributed by atoms with E-state index in [0.29, 0.717) is 5.75 Å². The van der Waals surface area contributed by atoms with Gasteiger partial charge in [-0.1, -0.05) is 11.8 Å². The zero-order valence-corrected chi connectivity index (χ0v) is 11.7. The lowest BCUT2D eigenvalue weighted by Gasteiger charge is -2.06. The molecule has 0 aliphatic rings. The maximum Gasteiger partial charge on any atom is 0.115 e. The Morgan fingerprint density at radius 3 is 2.38 bits per heavy atom. The highest BCUT2D eigenvalue weighted by Crippen LogP contribution is 2.31. The van der Waals surface area contributed by atoms with E-state index < -0.39 is 0 Å². The number of rotatable bonds is 2. The van der Waals surface area contributed by atoms with Gasteiger partial charge in [-0.25, -0.2) is 0 Å². The van der Waals surface area contributed by atoms with Gasteiger partial charge >= 0.3 is 0 Å². The first-order chi connectivity index (χ1) is 7.65. The third-order valence-electron chi connectivity index (χ3n) is 2.20. The van der Waals surface area contributed by atoms with Crippen molar-refractivity contribution in [2.75, 3.05) is 0 Å². The normalized spacial score (nSPS) is 10.4. The molecule has 0 unspecified atom stereocenters. The summed E-state index contributed by atoms with van der Waals surface area (Å²) < 4.78 is 1.25. The van der Waals surface area contributed by atoms with Crippen molar-refractivity contribution in [1.29, 1.82) is 0 Å². The fraction of sp³-hybridized carbons (Fsp3) is 0.0769. The van der Waals surface area contributed by atoms with Crippen LogP contribution in [-0.4, -0.2) is 5.11 Å². The maximum atomic E-state index is 9.20. The van der Waals surface area contributed by atoms with E-state index in [1.165, 1.54) is 14.0 Å². The van der Waals surface area contributed by atoms with Gasteiger partial charge in [-0.2, -0.15) is 0 Å². The topological polar surface area (TPSA) is 20.2 Å². The molecule has 0 aromatic heterocycles. The van der Waals surface area contributed by atoms with E-state index in [9.17, 15) is 5.11 Å². The van der Waals surface area contributed by atoms with E-state index in [4.69, 9.17) is 0 Å². The average Bonchev–Trinajstić information content (AvgIpc) is 2.25. The van der Waals surface area contributed by atoms with Crippen LogP contribution < -0.4 is 0 Å². The van der Waals surface area contributed by atoms with Gasteiger partial charge in [0.15, 0.2) is 0 Å². The van der Waals surface area contributed by atoms with Crippen molar-refractivity contribution < 1.29 is 5.11 Å². The molecule has 0 saturated carbocycles. The van der Waals surface area contributed by atoms with E-state index in [-0.39, 0.29) is 0 Å². The van der Waals surface area contributed by atoms with Gasteiger partial charge in [0.25, 0.3) is 0 Å². The van der Waals surface area contributed by atoms with Crippen LogP contribution in [0.5, 0.6) is 5.75 Å². The lowest BCUT2D eigenvalue weighted by Crippen LogP contribution is -1.81. The van der Waals surface area contributed by atoms with Crippen LogP contribution in [0.25, 0.3) is 0 Å². The SMILES string of the molecule is Cc1cc(I)ccc1Sc1ccc(O)cc1. The third-order valence-corrected chi connectivity index (χ3v) is 4.06. The second-order valence-electron chi connectivity index (χ2n) is 3.51. The summed E-state index contributed by atoms with van der Waals surface area (Å²) in [6, 6.07) is 13.7. The monoisotopic (exact) mass is 342 g/mol. The number of phenolic OH excluding ortho intramolecular Hbond substituents is 1. The molecule has 0 amide bonds. The van der Waals surface area contributed by atoms with Gasteiger partial charge in [0.2, 0.25) is 0 Å². The van der Waals surface area contributed by atoms with Gasteiger partial charge in [0.1, 0.15) is 5.75 Å². The number of aromatic hydroxyl groups is 1. The van der Waals surface area contributed by atoms with Gasteiger partial charge in [-0.15, -0.1) is 0 Å². The van der Waals surface area contributed by atoms with Crippen LogP contribution in [0.2, 0.25) is 0 Å². The van der Waals surface area contributed by atoms with E-state index in [2.05, 4.69) is 47.7 Å². The van der Waals surface area contributed by atoms with Crippen LogP contribution >= 0.6 is 34.4 Å². The Morgan fingerprint density at radius 2 is 1.75 bits per heavy atom. The Kier molecular flexibility index (Phi) is 3.76. The first-order valence-electron chi connectivity index (χ1n) is 4.88. The Balaban J connectivity index is 2.23. The molecule has 0 spiro atoms. The lowest BCUT2D eigenvalue weighted by molar-refractivity contribution is 0.475. The molecule has 0 bridgehead atoms. The molecule has 82 valence electrons. The van der Waals surface area contributed by atoms with E-state index in [1.54, 1.807) is 23.9 Å². The average molecular weight is 342 g/mol. The lowest BCUT2D eigenvalue weighted by atomic mass is 10.2. The quantitative estimate of drug-likeness (QED) is 0.814. The number of halogens is 1. The largest absolute Gasteiger partial charge is 0.508 e. The first-order valence-corrected chi connectivity index (χ1v) is 6.78. The number of phenols is 1. The van der Waals surface area contributed by atoms with Crippen LogP contribution in [0.4, 0.5) is 0 Å². The van der Waals surface area contributed by atoms with Gasteiger partial charge in [-0.3, -0.25) is 0 Å². The summed E-state index contributed by atoms with van der Waals surface area (Å²) in [4.78, 5) is 2.40. The van der Waals surface area contributed by atoms with Gasteiger partial charge < -0.3 is 5.11 Å². The van der Waals surface area contributed by atoms with Crippen molar-refractivity contribution >= 4 is 34.4 Å². The smallest absolute Gasteiger partial charge is 0.115 e. The minimum Gasteiger partial charge on any atom is -0.508 e. The van der Waals surface area contributed by atoms with Crippen molar-refractivity contribution in [3.63, 3.8) is 0 Å². The second-order valence-corrected chi connectivity index (χ2v) is 5.87. The van der Waals surface area contributed by atoms with Gasteiger partial charge in [-0.05, 0) is 77.5 Å². The minimum absolute atomic E-state index is 0.309. The van der Waals surface area contributed by atoms with E-state index in [1.807, 2.05) is 12.1 Å². The van der Waals surface area contributed by atoms with Crippen molar-refractivity contribution in [3.8, 4) is 5.75 Å². The highest BCUT2D eigenvalue weighted by molar-refractivity contribution is 14.1. The van der Waals surface area contributed by atoms with Crippen molar-refractivity contribution in [2.24, 2.45) is 0 Å². The molecule has 2 aromatic carbocycles. The van der Waals surface area contributed by atoms with Crippen molar-refractivity contribution in [1.82, 2.24) is 0 Å². The molecule has 0 radical (unpaired) electrons. The number of benzene rings is 2. The Morgan fingerprint density at radius 1 is 1.06 bits per heavy atom. The molecule has 1 N–H and O–H groups in total. The Hall–Kier alpha value is -0.680. The predicted molar refractivity (Wildman–Crippen MR) is 76.1 cm³/mol. The molecule has 0 atom stereocenters.